The fourth-order valence-electron chi connectivity index (χ4n) is 1.26. The van der Waals surface area contributed by atoms with Gasteiger partial charge in [0.2, 0.25) is 0 Å². The number of rotatable bonds is 1. The normalized spacial score (nSPS) is 8.32. The fourth-order valence-corrected chi connectivity index (χ4v) is 1.26. The van der Waals surface area contributed by atoms with Gasteiger partial charge in [-0.05, 0) is 11.1 Å². The molecule has 2 aromatic rings. The van der Waals surface area contributed by atoms with Gasteiger partial charge in [-0.2, -0.15) is 0 Å². The fraction of sp³-hybridized carbons (Fsp3) is 0. The van der Waals surface area contributed by atoms with Crippen molar-refractivity contribution in [2.45, 2.75) is 0 Å². The summed E-state index contributed by atoms with van der Waals surface area (Å²) in [5.41, 5.74) is 2.55. The van der Waals surface area contributed by atoms with Crippen molar-refractivity contribution >= 4 is 55.1 Å². The van der Waals surface area contributed by atoms with Gasteiger partial charge >= 0.3 is 55.1 Å². The van der Waals surface area contributed by atoms with Crippen LogP contribution >= 0.6 is 17.4 Å². The maximum absolute atomic E-state index is 8.46. The molecule has 0 aliphatic carbocycles. The van der Waals surface area contributed by atoms with Crippen molar-refractivity contribution in [3.8, 4) is 11.1 Å². The summed E-state index contributed by atoms with van der Waals surface area (Å²) >= 11 is 0. The summed E-state index contributed by atoms with van der Waals surface area (Å²) in [6.45, 7) is 0. The van der Waals surface area contributed by atoms with Crippen molar-refractivity contribution in [1.82, 2.24) is 0 Å². The Bertz CT molecular complexity index is 396. The van der Waals surface area contributed by atoms with Crippen LogP contribution in [0.3, 0.4) is 0 Å². The summed E-state index contributed by atoms with van der Waals surface area (Å²) in [7, 11) is -1.67. The Labute approximate surface area is 145 Å². The van der Waals surface area contributed by atoms with Crippen molar-refractivity contribution in [2.75, 3.05) is 0 Å². The van der Waals surface area contributed by atoms with Crippen molar-refractivity contribution < 1.29 is 18.9 Å². The largest absolute Gasteiger partial charge is 2.00 e. The molecule has 0 saturated heterocycles. The van der Waals surface area contributed by atoms with E-state index in [4.69, 9.17) is 18.9 Å². The molecule has 0 fully saturated rings. The molecule has 4 nitrogen and oxygen atoms in total. The average Bonchev–Trinajstić information content (AvgIpc) is 2.43. The monoisotopic (exact) mass is 322 g/mol. The SMILES string of the molecule is O=PO.O=PO.[Ca+2].c1ccc(-c2ccccc2)cc1. The third-order valence-corrected chi connectivity index (χ3v) is 1.88. The van der Waals surface area contributed by atoms with E-state index in [1.54, 1.807) is 0 Å². The van der Waals surface area contributed by atoms with E-state index in [9.17, 15) is 0 Å². The van der Waals surface area contributed by atoms with Crippen molar-refractivity contribution in [2.24, 2.45) is 0 Å². The van der Waals surface area contributed by atoms with Crippen LogP contribution in [0.1, 0.15) is 0 Å². The maximum Gasteiger partial charge on any atom is 2.00 e. The van der Waals surface area contributed by atoms with Gasteiger partial charge in [-0.25, -0.2) is 9.13 Å². The van der Waals surface area contributed by atoms with Gasteiger partial charge in [-0.3, -0.25) is 0 Å². The minimum absolute atomic E-state index is 0. The predicted molar refractivity (Wildman–Crippen MR) is 77.3 cm³/mol. The van der Waals surface area contributed by atoms with Crippen LogP contribution in [-0.2, 0) is 9.13 Å². The molecule has 0 aliphatic heterocycles. The summed E-state index contributed by atoms with van der Waals surface area (Å²) in [6.07, 6.45) is 0. The zero-order valence-electron chi connectivity index (χ0n) is 10.1. The summed E-state index contributed by atoms with van der Waals surface area (Å²) in [5, 5.41) is 0. The molecule has 0 unspecified atom stereocenters. The van der Waals surface area contributed by atoms with Crippen LogP contribution in [0.15, 0.2) is 60.7 Å². The molecular formula is C12H12CaO4P2+2. The van der Waals surface area contributed by atoms with Gasteiger partial charge in [0, 0.05) is 0 Å². The van der Waals surface area contributed by atoms with Gasteiger partial charge in [0.1, 0.15) is 0 Å². The number of hydrogen-bond acceptors (Lipinski definition) is 2. The van der Waals surface area contributed by atoms with Gasteiger partial charge < -0.3 is 9.79 Å². The van der Waals surface area contributed by atoms with E-state index in [-0.39, 0.29) is 37.7 Å². The van der Waals surface area contributed by atoms with Gasteiger partial charge in [0.25, 0.3) is 0 Å². The van der Waals surface area contributed by atoms with Crippen LogP contribution in [0.4, 0.5) is 0 Å². The first-order chi connectivity index (χ1) is 8.79. The molecule has 0 spiro atoms. The summed E-state index contributed by atoms with van der Waals surface area (Å²) in [4.78, 5) is 14.0. The van der Waals surface area contributed by atoms with Crippen LogP contribution in [0.2, 0.25) is 0 Å². The Balaban J connectivity index is 0. The first-order valence-corrected chi connectivity index (χ1v) is 6.37. The Morgan fingerprint density at radius 1 is 0.632 bits per heavy atom. The second kappa shape index (κ2) is 15.9. The molecule has 2 aromatic carbocycles. The summed E-state index contributed by atoms with van der Waals surface area (Å²) < 4.78 is 16.9. The van der Waals surface area contributed by atoms with Crippen LogP contribution in [0.5, 0.6) is 0 Å². The second-order valence-corrected chi connectivity index (χ2v) is 3.22. The van der Waals surface area contributed by atoms with E-state index >= 15 is 0 Å². The van der Waals surface area contributed by atoms with Gasteiger partial charge in [0.15, 0.2) is 0 Å². The molecule has 0 heterocycles. The van der Waals surface area contributed by atoms with Crippen molar-refractivity contribution in [3.05, 3.63) is 60.7 Å². The molecule has 2 N–H and O–H groups in total. The quantitative estimate of drug-likeness (QED) is 0.624. The first-order valence-electron chi connectivity index (χ1n) is 4.84. The predicted octanol–water partition coefficient (Wildman–Crippen LogP) is 3.34. The standard InChI is InChI=1S/C12H10.Ca.2HO2P/c1-3-7-11(8-4-1)12-9-5-2-6-10-12;;2*1-3-2/h1-10H;;2*(H,1,2)/q;+2;;. The molecule has 19 heavy (non-hydrogen) atoms. The van der Waals surface area contributed by atoms with Crippen LogP contribution in [0, 0.1) is 0 Å². The van der Waals surface area contributed by atoms with E-state index in [0.717, 1.165) is 0 Å². The van der Waals surface area contributed by atoms with Crippen LogP contribution < -0.4 is 0 Å². The molecule has 0 aliphatic rings. The molecule has 94 valence electrons. The van der Waals surface area contributed by atoms with E-state index in [1.165, 1.54) is 11.1 Å². The van der Waals surface area contributed by atoms with E-state index in [2.05, 4.69) is 48.5 Å². The van der Waals surface area contributed by atoms with Gasteiger partial charge in [0.05, 0.1) is 0 Å². The third kappa shape index (κ3) is 11.4. The molecule has 0 amide bonds. The molecule has 0 atom stereocenters. The van der Waals surface area contributed by atoms with Gasteiger partial charge in [-0.1, -0.05) is 60.7 Å². The second-order valence-electron chi connectivity index (χ2n) is 2.90. The minimum atomic E-state index is -0.833. The van der Waals surface area contributed by atoms with Crippen LogP contribution in [0.25, 0.3) is 11.1 Å². The van der Waals surface area contributed by atoms with Crippen molar-refractivity contribution in [3.63, 3.8) is 0 Å². The molecule has 0 radical (unpaired) electrons. The van der Waals surface area contributed by atoms with E-state index < -0.39 is 17.4 Å². The third-order valence-electron chi connectivity index (χ3n) is 1.88. The van der Waals surface area contributed by atoms with Gasteiger partial charge in [-0.15, -0.1) is 0 Å². The van der Waals surface area contributed by atoms with E-state index in [1.807, 2.05) is 12.1 Å². The number of hydrogen-bond donors (Lipinski definition) is 2. The molecule has 0 aromatic heterocycles. The number of benzene rings is 2. The molecule has 0 bridgehead atoms. The van der Waals surface area contributed by atoms with Crippen molar-refractivity contribution in [1.29, 1.82) is 0 Å². The van der Waals surface area contributed by atoms with E-state index in [0.29, 0.717) is 0 Å². The Hall–Kier alpha value is -0.180. The molecule has 0 saturated carbocycles. The smallest absolute Gasteiger partial charge is 0.310 e. The summed E-state index contributed by atoms with van der Waals surface area (Å²) in [6, 6.07) is 20.8. The molecule has 7 heteroatoms. The van der Waals surface area contributed by atoms with Crippen LogP contribution in [-0.4, -0.2) is 47.5 Å². The zero-order valence-corrected chi connectivity index (χ0v) is 14.1. The maximum atomic E-state index is 8.46. The first kappa shape index (κ1) is 21.1. The summed E-state index contributed by atoms with van der Waals surface area (Å²) in [5.74, 6) is 0. The minimum Gasteiger partial charge on any atom is -0.310 e. The Morgan fingerprint density at radius 3 is 1.05 bits per heavy atom. The molecule has 2 rings (SSSR count). The zero-order chi connectivity index (χ0) is 13.6. The topological polar surface area (TPSA) is 74.6 Å². The molecular weight excluding hydrogens is 310 g/mol. The Morgan fingerprint density at radius 2 is 0.842 bits per heavy atom. The average molecular weight is 322 g/mol. The Kier molecular flexibility index (Phi) is 17.7.